The lowest BCUT2D eigenvalue weighted by Crippen LogP contribution is -2.48. The SMILES string of the molecule is CCCCSOC(=O)C(CC(F)CN(N)/C=C(\N)C(=O)OC(C)(C)C)(C(=O)OSCCCC)/C(N)=C/C=C(/C)N. The monoisotopic (exact) mass is 607 g/mol. The van der Waals surface area contributed by atoms with Gasteiger partial charge in [-0.05, 0) is 52.7 Å². The maximum absolute atomic E-state index is 15.6. The van der Waals surface area contributed by atoms with E-state index in [1.54, 1.807) is 27.7 Å². The molecule has 8 N–H and O–H groups in total. The fraction of sp³-hybridized carbons (Fsp3) is 0.654. The number of ether oxygens (including phenoxy) is 1. The zero-order chi connectivity index (χ0) is 30.9. The standard InChI is InChI=1S/C26H46FN5O6S2/c1-7-9-13-39-37-23(34)26(21(30)12-11-18(3)28,24(35)38-40-14-10-8-2)15-19(27)16-32(31)17-20(29)22(33)36-25(4,5)6/h11-12,17,19H,7-10,13-16,28-31H2,1-6H3/b18-11-,20-17-,21-12-. The lowest BCUT2D eigenvalue weighted by Gasteiger charge is -2.31. The molecule has 11 nitrogen and oxygen atoms in total. The first-order valence-corrected chi connectivity index (χ1v) is 14.9. The Balaban J connectivity index is 6.23. The van der Waals surface area contributed by atoms with Gasteiger partial charge in [0.25, 0.3) is 0 Å². The largest absolute Gasteiger partial charge is 0.455 e. The highest BCUT2D eigenvalue weighted by Gasteiger charge is 2.54. The molecule has 0 aromatic heterocycles. The van der Waals surface area contributed by atoms with Crippen molar-refractivity contribution in [3.63, 3.8) is 0 Å². The van der Waals surface area contributed by atoms with Crippen molar-refractivity contribution in [3.8, 4) is 0 Å². The first kappa shape index (κ1) is 37.4. The van der Waals surface area contributed by atoms with Crippen LogP contribution in [-0.2, 0) is 27.5 Å². The van der Waals surface area contributed by atoms with Crippen LogP contribution in [0.2, 0.25) is 0 Å². The van der Waals surface area contributed by atoms with Crippen LogP contribution in [0, 0.1) is 5.41 Å². The molecule has 14 heteroatoms. The minimum atomic E-state index is -2.34. The van der Waals surface area contributed by atoms with E-state index in [0.717, 1.165) is 61.0 Å². The molecule has 0 aliphatic carbocycles. The second-order valence-electron chi connectivity index (χ2n) is 10.1. The normalized spacial score (nSPS) is 13.9. The Labute approximate surface area is 246 Å². The highest BCUT2D eigenvalue weighted by atomic mass is 32.2. The Bertz CT molecular complexity index is 896. The maximum Gasteiger partial charge on any atom is 0.356 e. The molecule has 0 radical (unpaired) electrons. The lowest BCUT2D eigenvalue weighted by molar-refractivity contribution is -0.158. The van der Waals surface area contributed by atoms with Crippen LogP contribution in [0.3, 0.4) is 0 Å². The number of alkyl halides is 1. The van der Waals surface area contributed by atoms with Gasteiger partial charge in [-0.15, -0.1) is 0 Å². The van der Waals surface area contributed by atoms with E-state index in [1.165, 1.54) is 12.2 Å². The van der Waals surface area contributed by atoms with E-state index in [2.05, 4.69) is 0 Å². The van der Waals surface area contributed by atoms with Gasteiger partial charge in [-0.1, -0.05) is 26.7 Å². The third kappa shape index (κ3) is 14.2. The predicted molar refractivity (Wildman–Crippen MR) is 158 cm³/mol. The van der Waals surface area contributed by atoms with Crippen LogP contribution in [0.1, 0.15) is 73.6 Å². The molecular formula is C26H46FN5O6S2. The highest BCUT2D eigenvalue weighted by Crippen LogP contribution is 2.37. The summed E-state index contributed by atoms with van der Waals surface area (Å²) in [5.74, 6) is 3.79. The first-order chi connectivity index (χ1) is 18.6. The highest BCUT2D eigenvalue weighted by molar-refractivity contribution is 7.95. The summed E-state index contributed by atoms with van der Waals surface area (Å²) in [7, 11) is 0. The molecule has 40 heavy (non-hydrogen) atoms. The van der Waals surface area contributed by atoms with Crippen molar-refractivity contribution >= 4 is 42.0 Å². The molecule has 1 atom stereocenters. The van der Waals surface area contributed by atoms with Crippen LogP contribution in [0.5, 0.6) is 0 Å². The van der Waals surface area contributed by atoms with Crippen molar-refractivity contribution in [1.29, 1.82) is 0 Å². The minimum absolute atomic E-state index is 0.311. The summed E-state index contributed by atoms with van der Waals surface area (Å²) in [6, 6.07) is 0. The molecule has 0 spiro atoms. The number of hydrazine groups is 1. The summed E-state index contributed by atoms with van der Waals surface area (Å²) < 4.78 is 31.4. The minimum Gasteiger partial charge on any atom is -0.455 e. The number of unbranched alkanes of at least 4 members (excludes halogenated alkanes) is 2. The van der Waals surface area contributed by atoms with Crippen LogP contribution in [0.15, 0.2) is 35.4 Å². The quantitative estimate of drug-likeness (QED) is 0.0258. The second kappa shape index (κ2) is 18.7. The number of hydrogen-bond donors (Lipinski definition) is 4. The molecule has 0 saturated heterocycles. The number of rotatable bonds is 18. The van der Waals surface area contributed by atoms with Gasteiger partial charge in [0.05, 0.1) is 30.6 Å². The van der Waals surface area contributed by atoms with Gasteiger partial charge in [0.1, 0.15) is 17.5 Å². The summed E-state index contributed by atoms with van der Waals surface area (Å²) in [5, 5.41) is 0.821. The average molecular weight is 608 g/mol. The molecule has 0 aliphatic heterocycles. The van der Waals surface area contributed by atoms with Gasteiger partial charge in [0.15, 0.2) is 0 Å². The van der Waals surface area contributed by atoms with Crippen molar-refractivity contribution in [2.75, 3.05) is 18.1 Å². The number of nitrogens with two attached hydrogens (primary N) is 4. The molecule has 0 aromatic rings. The van der Waals surface area contributed by atoms with E-state index in [-0.39, 0.29) is 11.4 Å². The van der Waals surface area contributed by atoms with Crippen molar-refractivity contribution in [2.45, 2.75) is 85.4 Å². The van der Waals surface area contributed by atoms with Crippen LogP contribution in [0.4, 0.5) is 4.39 Å². The van der Waals surface area contributed by atoms with E-state index in [0.29, 0.717) is 17.2 Å². The van der Waals surface area contributed by atoms with Gasteiger partial charge >= 0.3 is 17.9 Å². The zero-order valence-electron chi connectivity index (χ0n) is 24.4. The second-order valence-corrected chi connectivity index (χ2v) is 11.7. The molecular weight excluding hydrogens is 561 g/mol. The summed E-state index contributed by atoms with van der Waals surface area (Å²) in [5.41, 5.74) is 14.2. The third-order valence-electron chi connectivity index (χ3n) is 5.02. The molecule has 0 heterocycles. The van der Waals surface area contributed by atoms with Crippen LogP contribution in [0.25, 0.3) is 0 Å². The van der Waals surface area contributed by atoms with E-state index in [9.17, 15) is 14.4 Å². The molecule has 0 saturated carbocycles. The van der Waals surface area contributed by atoms with Gasteiger partial charge < -0.3 is 35.3 Å². The molecule has 0 rings (SSSR count). The number of nitrogens with zero attached hydrogens (tertiary/aromatic N) is 1. The number of carbonyl (C=O) groups excluding carboxylic acids is 3. The third-order valence-corrected chi connectivity index (χ3v) is 6.47. The van der Waals surface area contributed by atoms with E-state index in [1.807, 2.05) is 13.8 Å². The predicted octanol–water partition coefficient (Wildman–Crippen LogP) is 3.71. The Kier molecular flexibility index (Phi) is 17.5. The lowest BCUT2D eigenvalue weighted by atomic mass is 9.79. The number of allylic oxidation sites excluding steroid dienone is 3. The fourth-order valence-corrected chi connectivity index (χ4v) is 4.43. The van der Waals surface area contributed by atoms with Gasteiger partial charge in [-0.25, -0.2) is 24.6 Å². The summed E-state index contributed by atoms with van der Waals surface area (Å²) >= 11 is 1.68. The fourth-order valence-electron chi connectivity index (χ4n) is 2.95. The molecule has 1 unspecified atom stereocenters. The number of esters is 1. The Hall–Kier alpha value is -2.58. The van der Waals surface area contributed by atoms with E-state index < -0.39 is 48.1 Å². The molecule has 230 valence electrons. The smallest absolute Gasteiger partial charge is 0.356 e. The number of halogens is 1. The molecule has 0 fully saturated rings. The van der Waals surface area contributed by atoms with Gasteiger partial charge in [0.2, 0.25) is 5.41 Å². The molecule has 0 aromatic carbocycles. The summed E-state index contributed by atoms with van der Waals surface area (Å²) in [4.78, 5) is 39.0. The van der Waals surface area contributed by atoms with Crippen molar-refractivity contribution in [3.05, 3.63) is 35.4 Å². The van der Waals surface area contributed by atoms with Gasteiger partial charge in [-0.2, -0.15) is 0 Å². The van der Waals surface area contributed by atoms with Crippen molar-refractivity contribution < 1.29 is 31.9 Å². The topological polar surface area (TPSA) is 186 Å². The summed E-state index contributed by atoms with van der Waals surface area (Å²) in [6.45, 7) is 9.94. The van der Waals surface area contributed by atoms with E-state index in [4.69, 9.17) is 36.1 Å². The average Bonchev–Trinajstić information content (AvgIpc) is 2.84. The van der Waals surface area contributed by atoms with Gasteiger partial charge in [0, 0.05) is 35.5 Å². The van der Waals surface area contributed by atoms with Crippen molar-refractivity contribution in [2.24, 2.45) is 28.5 Å². The first-order valence-electron chi connectivity index (χ1n) is 13.0. The molecule has 0 bridgehead atoms. The molecule has 0 aliphatic rings. The van der Waals surface area contributed by atoms with Crippen molar-refractivity contribution in [1.82, 2.24) is 5.01 Å². The van der Waals surface area contributed by atoms with E-state index >= 15 is 4.39 Å². The Morgan fingerprint density at radius 1 is 0.950 bits per heavy atom. The van der Waals surface area contributed by atoms with Crippen LogP contribution in [-0.4, -0.2) is 52.7 Å². The maximum atomic E-state index is 15.6. The summed E-state index contributed by atoms with van der Waals surface area (Å²) in [6.07, 6.45) is 4.15. The Morgan fingerprint density at radius 2 is 1.45 bits per heavy atom. The number of carbonyl (C=O) groups is 3. The van der Waals surface area contributed by atoms with Crippen LogP contribution < -0.4 is 23.0 Å². The molecule has 0 amide bonds. The Morgan fingerprint density at radius 3 is 1.88 bits per heavy atom. The van der Waals surface area contributed by atoms with Crippen LogP contribution >= 0.6 is 24.1 Å². The van der Waals surface area contributed by atoms with Gasteiger partial charge in [-0.3, -0.25) is 0 Å². The zero-order valence-corrected chi connectivity index (χ0v) is 26.0. The number of hydrogen-bond acceptors (Lipinski definition) is 13.